The highest BCUT2D eigenvalue weighted by Crippen LogP contribution is 2.21. The molecular weight excluding hydrogens is 274 g/mol. The van der Waals surface area contributed by atoms with E-state index in [2.05, 4.69) is 9.97 Å². The average molecular weight is 291 g/mol. The topological polar surface area (TPSA) is 49.2 Å². The van der Waals surface area contributed by atoms with Crippen LogP contribution in [0, 0.1) is 0 Å². The van der Waals surface area contributed by atoms with Crippen LogP contribution in [0.1, 0.15) is 11.3 Å². The molecule has 0 aliphatic carbocycles. The van der Waals surface area contributed by atoms with Crippen molar-refractivity contribution in [2.24, 2.45) is 0 Å². The van der Waals surface area contributed by atoms with E-state index in [-0.39, 0.29) is 5.76 Å². The minimum Gasteiger partial charge on any atom is -0.507 e. The van der Waals surface area contributed by atoms with E-state index in [1.54, 1.807) is 6.08 Å². The minimum atomic E-state index is 0.189. The van der Waals surface area contributed by atoms with E-state index in [4.69, 9.17) is 0 Å². The fraction of sp³-hybridized carbons (Fsp3) is 0.111. The maximum Gasteiger partial charge on any atom is 0.124 e. The van der Waals surface area contributed by atoms with E-state index >= 15 is 0 Å². The summed E-state index contributed by atoms with van der Waals surface area (Å²) in [7, 11) is 3.97. The quantitative estimate of drug-likeness (QED) is 0.747. The molecule has 0 bridgehead atoms. The number of nitrogens with zero attached hydrogens (tertiary/aromatic N) is 3. The van der Waals surface area contributed by atoms with Crippen LogP contribution in [0.2, 0.25) is 0 Å². The second-order valence-corrected chi connectivity index (χ2v) is 5.25. The zero-order chi connectivity index (χ0) is 15.5. The molecule has 3 rings (SSSR count). The average Bonchev–Trinajstić information content (AvgIpc) is 2.55. The van der Waals surface area contributed by atoms with Crippen molar-refractivity contribution in [3.63, 3.8) is 0 Å². The molecule has 0 atom stereocenters. The summed E-state index contributed by atoms with van der Waals surface area (Å²) < 4.78 is 0. The fourth-order valence-corrected chi connectivity index (χ4v) is 2.28. The Hall–Kier alpha value is -2.88. The second kappa shape index (κ2) is 5.85. The van der Waals surface area contributed by atoms with Gasteiger partial charge in [0.2, 0.25) is 0 Å². The van der Waals surface area contributed by atoms with E-state index in [0.717, 1.165) is 22.2 Å². The summed E-state index contributed by atoms with van der Waals surface area (Å²) >= 11 is 0. The molecule has 4 nitrogen and oxygen atoms in total. The zero-order valence-corrected chi connectivity index (χ0v) is 12.6. The number of aliphatic hydroxyl groups excluding tert-OH is 1. The number of fused-ring (bicyclic) bond motifs is 1. The van der Waals surface area contributed by atoms with Gasteiger partial charge in [-0.05, 0) is 30.3 Å². The third-order valence-corrected chi connectivity index (χ3v) is 3.53. The molecule has 0 radical (unpaired) electrons. The Balaban J connectivity index is 1.99. The number of anilines is 1. The number of rotatable bonds is 3. The normalized spacial score (nSPS) is 11.6. The SMILES string of the molecule is CN(C)c1ccc(/C(O)=C/c2ncnc3ccccc23)cc1. The molecule has 2 aromatic carbocycles. The summed E-state index contributed by atoms with van der Waals surface area (Å²) in [6.45, 7) is 0. The Kier molecular flexibility index (Phi) is 3.74. The molecule has 0 saturated heterocycles. The van der Waals surface area contributed by atoms with Crippen molar-refractivity contribution < 1.29 is 5.11 Å². The monoisotopic (exact) mass is 291 g/mol. The third kappa shape index (κ3) is 2.76. The molecule has 0 unspecified atom stereocenters. The van der Waals surface area contributed by atoms with E-state index in [9.17, 15) is 5.11 Å². The molecule has 0 aliphatic rings. The first-order valence-electron chi connectivity index (χ1n) is 7.03. The summed E-state index contributed by atoms with van der Waals surface area (Å²) in [6.07, 6.45) is 3.19. The largest absolute Gasteiger partial charge is 0.507 e. The third-order valence-electron chi connectivity index (χ3n) is 3.53. The van der Waals surface area contributed by atoms with Gasteiger partial charge in [-0.15, -0.1) is 0 Å². The Morgan fingerprint density at radius 1 is 1.00 bits per heavy atom. The van der Waals surface area contributed by atoms with Gasteiger partial charge in [0.1, 0.15) is 12.1 Å². The van der Waals surface area contributed by atoms with Gasteiger partial charge >= 0.3 is 0 Å². The summed E-state index contributed by atoms with van der Waals surface area (Å²) in [5.41, 5.74) is 3.41. The van der Waals surface area contributed by atoms with Gasteiger partial charge in [0.05, 0.1) is 11.2 Å². The van der Waals surface area contributed by atoms with Crippen molar-refractivity contribution >= 4 is 28.4 Å². The van der Waals surface area contributed by atoms with Crippen LogP contribution in [0.3, 0.4) is 0 Å². The van der Waals surface area contributed by atoms with Crippen molar-refractivity contribution in [1.29, 1.82) is 0 Å². The van der Waals surface area contributed by atoms with Gasteiger partial charge in [-0.1, -0.05) is 18.2 Å². The lowest BCUT2D eigenvalue weighted by atomic mass is 10.1. The molecule has 1 aromatic heterocycles. The number of hydrogen-bond donors (Lipinski definition) is 1. The fourth-order valence-electron chi connectivity index (χ4n) is 2.28. The van der Waals surface area contributed by atoms with Crippen LogP contribution in [0.4, 0.5) is 5.69 Å². The Morgan fingerprint density at radius 3 is 2.45 bits per heavy atom. The lowest BCUT2D eigenvalue weighted by Gasteiger charge is -2.12. The molecular formula is C18H17N3O. The summed E-state index contributed by atoms with van der Waals surface area (Å²) in [4.78, 5) is 10.5. The maximum atomic E-state index is 10.4. The molecule has 1 N–H and O–H groups in total. The highest BCUT2D eigenvalue weighted by atomic mass is 16.3. The van der Waals surface area contributed by atoms with Gasteiger partial charge in [0.15, 0.2) is 0 Å². The van der Waals surface area contributed by atoms with Crippen molar-refractivity contribution in [2.75, 3.05) is 19.0 Å². The molecule has 3 aromatic rings. The highest BCUT2D eigenvalue weighted by molar-refractivity contribution is 5.90. The molecule has 0 aliphatic heterocycles. The van der Waals surface area contributed by atoms with Crippen LogP contribution in [-0.4, -0.2) is 29.2 Å². The predicted octanol–water partition coefficient (Wildman–Crippen LogP) is 3.75. The predicted molar refractivity (Wildman–Crippen MR) is 90.8 cm³/mol. The molecule has 4 heteroatoms. The van der Waals surface area contributed by atoms with Crippen LogP contribution in [0.25, 0.3) is 22.7 Å². The first kappa shape index (κ1) is 14.1. The molecule has 0 saturated carbocycles. The molecule has 0 fully saturated rings. The molecule has 22 heavy (non-hydrogen) atoms. The maximum absolute atomic E-state index is 10.4. The summed E-state index contributed by atoms with van der Waals surface area (Å²) in [5, 5.41) is 11.3. The number of aromatic nitrogens is 2. The lowest BCUT2D eigenvalue weighted by Crippen LogP contribution is -2.08. The van der Waals surface area contributed by atoms with Crippen LogP contribution < -0.4 is 4.90 Å². The number of para-hydroxylation sites is 1. The van der Waals surface area contributed by atoms with Crippen molar-refractivity contribution in [2.45, 2.75) is 0 Å². The Morgan fingerprint density at radius 2 is 1.73 bits per heavy atom. The van der Waals surface area contributed by atoms with Crippen LogP contribution in [0.5, 0.6) is 0 Å². The van der Waals surface area contributed by atoms with Crippen LogP contribution in [0.15, 0.2) is 54.9 Å². The standard InChI is InChI=1S/C18H17N3O/c1-21(2)14-9-7-13(8-10-14)18(22)11-17-15-5-3-4-6-16(15)19-12-20-17/h3-12,22H,1-2H3/b18-11-. The highest BCUT2D eigenvalue weighted by Gasteiger charge is 2.04. The van der Waals surface area contributed by atoms with E-state index in [1.165, 1.54) is 6.33 Å². The second-order valence-electron chi connectivity index (χ2n) is 5.25. The Bertz CT molecular complexity index is 818. The molecule has 0 spiro atoms. The van der Waals surface area contributed by atoms with Crippen LogP contribution in [-0.2, 0) is 0 Å². The van der Waals surface area contributed by atoms with Gasteiger partial charge in [0.25, 0.3) is 0 Å². The number of aliphatic hydroxyl groups is 1. The van der Waals surface area contributed by atoms with E-state index < -0.39 is 0 Å². The minimum absolute atomic E-state index is 0.189. The van der Waals surface area contributed by atoms with Gasteiger partial charge in [-0.2, -0.15) is 0 Å². The van der Waals surface area contributed by atoms with Gasteiger partial charge in [0, 0.05) is 36.8 Å². The van der Waals surface area contributed by atoms with E-state index in [0.29, 0.717) is 5.69 Å². The van der Waals surface area contributed by atoms with Gasteiger partial charge in [-0.25, -0.2) is 9.97 Å². The first-order chi connectivity index (χ1) is 10.6. The van der Waals surface area contributed by atoms with Gasteiger partial charge < -0.3 is 10.0 Å². The zero-order valence-electron chi connectivity index (χ0n) is 12.6. The van der Waals surface area contributed by atoms with E-state index in [1.807, 2.05) is 67.5 Å². The molecule has 1 heterocycles. The summed E-state index contributed by atoms with van der Waals surface area (Å²) in [5.74, 6) is 0.189. The van der Waals surface area contributed by atoms with Crippen LogP contribution >= 0.6 is 0 Å². The molecule has 110 valence electrons. The smallest absolute Gasteiger partial charge is 0.124 e. The van der Waals surface area contributed by atoms with Crippen molar-refractivity contribution in [3.05, 3.63) is 66.1 Å². The number of hydrogen-bond acceptors (Lipinski definition) is 4. The Labute approximate surface area is 129 Å². The van der Waals surface area contributed by atoms with Gasteiger partial charge in [-0.3, -0.25) is 0 Å². The van der Waals surface area contributed by atoms with Crippen molar-refractivity contribution in [3.8, 4) is 0 Å². The first-order valence-corrected chi connectivity index (χ1v) is 7.03. The number of benzene rings is 2. The van der Waals surface area contributed by atoms with Crippen molar-refractivity contribution in [1.82, 2.24) is 9.97 Å². The lowest BCUT2D eigenvalue weighted by molar-refractivity contribution is 0.515. The summed E-state index contributed by atoms with van der Waals surface area (Å²) in [6, 6.07) is 15.5. The molecule has 0 amide bonds.